The monoisotopic (exact) mass is 259 g/mol. The van der Waals surface area contributed by atoms with Crippen LogP contribution in [0.3, 0.4) is 0 Å². The highest BCUT2D eigenvalue weighted by Gasteiger charge is 2.24. The highest BCUT2D eigenvalue weighted by molar-refractivity contribution is 5.77. The van der Waals surface area contributed by atoms with E-state index >= 15 is 0 Å². The molecular weight excluding hydrogens is 244 g/mol. The normalized spacial score (nSPS) is 12.2. The molecule has 1 N–H and O–H groups in total. The van der Waals surface area contributed by atoms with Crippen molar-refractivity contribution in [3.63, 3.8) is 0 Å². The Morgan fingerprint density at radius 1 is 1.39 bits per heavy atom. The first-order chi connectivity index (χ1) is 8.60. The van der Waals surface area contributed by atoms with E-state index in [1.165, 1.54) is 14.2 Å². The number of ether oxygens (including phenoxy) is 2. The van der Waals surface area contributed by atoms with Gasteiger partial charge in [0.25, 0.3) is 0 Å². The quantitative estimate of drug-likeness (QED) is 0.620. The number of nitrogens with one attached hydrogen (secondary N) is 1. The summed E-state index contributed by atoms with van der Waals surface area (Å²) < 4.78 is 36.0. The van der Waals surface area contributed by atoms with Crippen molar-refractivity contribution in [2.75, 3.05) is 27.4 Å². The van der Waals surface area contributed by atoms with Gasteiger partial charge in [-0.15, -0.1) is 0 Å². The van der Waals surface area contributed by atoms with E-state index in [1.54, 1.807) is 0 Å². The largest absolute Gasteiger partial charge is 0.468 e. The highest BCUT2D eigenvalue weighted by Crippen LogP contribution is 2.19. The van der Waals surface area contributed by atoms with Crippen LogP contribution >= 0.6 is 0 Å². The Morgan fingerprint density at radius 3 is 2.72 bits per heavy atom. The summed E-state index contributed by atoms with van der Waals surface area (Å²) in [5.74, 6) is -1.97. The zero-order chi connectivity index (χ0) is 13.5. The molecule has 0 amide bonds. The fraction of sp³-hybridized carbons (Fsp3) is 0.417. The molecule has 1 aromatic rings. The van der Waals surface area contributed by atoms with Crippen LogP contribution in [0.4, 0.5) is 8.78 Å². The van der Waals surface area contributed by atoms with E-state index in [0.29, 0.717) is 13.2 Å². The Hall–Kier alpha value is -1.53. The summed E-state index contributed by atoms with van der Waals surface area (Å²) in [4.78, 5) is 11.6. The van der Waals surface area contributed by atoms with Crippen LogP contribution in [-0.4, -0.2) is 33.3 Å². The van der Waals surface area contributed by atoms with Gasteiger partial charge >= 0.3 is 5.97 Å². The van der Waals surface area contributed by atoms with E-state index in [9.17, 15) is 13.6 Å². The van der Waals surface area contributed by atoms with Gasteiger partial charge in [0.1, 0.15) is 17.7 Å². The third-order valence-electron chi connectivity index (χ3n) is 2.36. The van der Waals surface area contributed by atoms with Crippen molar-refractivity contribution in [1.29, 1.82) is 0 Å². The molecular formula is C12H15F2NO3. The molecule has 1 aromatic carbocycles. The number of methoxy groups -OCH3 is 2. The minimum Gasteiger partial charge on any atom is -0.468 e. The lowest BCUT2D eigenvalue weighted by atomic mass is 10.1. The predicted octanol–water partition coefficient (Wildman–Crippen LogP) is 1.41. The van der Waals surface area contributed by atoms with Gasteiger partial charge in [-0.3, -0.25) is 5.32 Å². The minimum atomic E-state index is -1.05. The van der Waals surface area contributed by atoms with Crippen molar-refractivity contribution in [1.82, 2.24) is 5.32 Å². The van der Waals surface area contributed by atoms with E-state index < -0.39 is 23.6 Å². The minimum absolute atomic E-state index is 0.0852. The van der Waals surface area contributed by atoms with Crippen molar-refractivity contribution in [3.05, 3.63) is 35.4 Å². The fourth-order valence-corrected chi connectivity index (χ4v) is 1.48. The van der Waals surface area contributed by atoms with Crippen LogP contribution in [0.15, 0.2) is 18.2 Å². The van der Waals surface area contributed by atoms with Gasteiger partial charge in [0.2, 0.25) is 0 Å². The summed E-state index contributed by atoms with van der Waals surface area (Å²) >= 11 is 0. The maximum Gasteiger partial charge on any atom is 0.327 e. The molecule has 6 heteroatoms. The van der Waals surface area contributed by atoms with Crippen molar-refractivity contribution >= 4 is 5.97 Å². The van der Waals surface area contributed by atoms with Gasteiger partial charge < -0.3 is 9.47 Å². The molecule has 0 spiro atoms. The second-order valence-corrected chi connectivity index (χ2v) is 3.57. The average Bonchev–Trinajstić information content (AvgIpc) is 2.37. The number of benzene rings is 1. The molecule has 0 aliphatic carbocycles. The first-order valence-corrected chi connectivity index (χ1v) is 5.35. The topological polar surface area (TPSA) is 47.6 Å². The second-order valence-electron chi connectivity index (χ2n) is 3.57. The average molecular weight is 259 g/mol. The molecule has 0 saturated carbocycles. The maximum absolute atomic E-state index is 13.6. The number of halogens is 2. The van der Waals surface area contributed by atoms with Gasteiger partial charge in [0, 0.05) is 19.2 Å². The zero-order valence-electron chi connectivity index (χ0n) is 10.2. The third-order valence-corrected chi connectivity index (χ3v) is 2.36. The molecule has 18 heavy (non-hydrogen) atoms. The van der Waals surface area contributed by atoms with Gasteiger partial charge in [-0.1, -0.05) is 0 Å². The molecule has 0 aromatic heterocycles. The SMILES string of the molecule is COCCNC(C(=O)OC)c1cc(F)ccc1F. The first-order valence-electron chi connectivity index (χ1n) is 5.35. The standard InChI is InChI=1S/C12H15F2NO3/c1-17-6-5-15-11(12(16)18-2)9-7-8(13)3-4-10(9)14/h3-4,7,11,15H,5-6H2,1-2H3. The van der Waals surface area contributed by atoms with Crippen LogP contribution < -0.4 is 5.32 Å². The summed E-state index contributed by atoms with van der Waals surface area (Å²) in [5, 5.41) is 2.75. The lowest BCUT2D eigenvalue weighted by Crippen LogP contribution is -2.32. The molecule has 4 nitrogen and oxygen atoms in total. The number of esters is 1. The molecule has 0 aliphatic heterocycles. The predicted molar refractivity (Wildman–Crippen MR) is 61.0 cm³/mol. The molecule has 0 fully saturated rings. The Morgan fingerprint density at radius 2 is 2.11 bits per heavy atom. The lowest BCUT2D eigenvalue weighted by Gasteiger charge is -2.17. The number of carbonyl (C=O) groups excluding carboxylic acids is 1. The van der Waals surface area contributed by atoms with Crippen molar-refractivity contribution < 1.29 is 23.0 Å². The summed E-state index contributed by atoms with van der Waals surface area (Å²) in [7, 11) is 2.68. The van der Waals surface area contributed by atoms with E-state index in [-0.39, 0.29) is 5.56 Å². The van der Waals surface area contributed by atoms with Crippen LogP contribution in [0.5, 0.6) is 0 Å². The number of rotatable bonds is 6. The van der Waals surface area contributed by atoms with E-state index in [2.05, 4.69) is 10.1 Å². The van der Waals surface area contributed by atoms with Gasteiger partial charge in [-0.2, -0.15) is 0 Å². The Kier molecular flexibility index (Phi) is 5.67. The molecule has 0 radical (unpaired) electrons. The Labute approximate surface area is 104 Å². The highest BCUT2D eigenvalue weighted by atomic mass is 19.1. The van der Waals surface area contributed by atoms with E-state index in [4.69, 9.17) is 4.74 Å². The zero-order valence-corrected chi connectivity index (χ0v) is 10.2. The summed E-state index contributed by atoms with van der Waals surface area (Å²) in [6.07, 6.45) is 0. The van der Waals surface area contributed by atoms with Crippen molar-refractivity contribution in [3.8, 4) is 0 Å². The van der Waals surface area contributed by atoms with Crippen molar-refractivity contribution in [2.24, 2.45) is 0 Å². The van der Waals surface area contributed by atoms with Crippen LogP contribution in [0, 0.1) is 11.6 Å². The van der Waals surface area contributed by atoms with Gasteiger partial charge in [-0.05, 0) is 18.2 Å². The molecule has 0 heterocycles. The lowest BCUT2D eigenvalue weighted by molar-refractivity contribution is -0.143. The summed E-state index contributed by atoms with van der Waals surface area (Å²) in [6, 6.07) is 1.87. The van der Waals surface area contributed by atoms with Gasteiger partial charge in [0.05, 0.1) is 13.7 Å². The Bertz CT molecular complexity index is 412. The third kappa shape index (κ3) is 3.75. The van der Waals surface area contributed by atoms with Crippen LogP contribution in [0.2, 0.25) is 0 Å². The smallest absolute Gasteiger partial charge is 0.327 e. The molecule has 0 bridgehead atoms. The number of hydrogen-bond acceptors (Lipinski definition) is 4. The summed E-state index contributed by atoms with van der Waals surface area (Å²) in [5.41, 5.74) is -0.0852. The Balaban J connectivity index is 2.93. The molecule has 1 unspecified atom stereocenters. The van der Waals surface area contributed by atoms with Crippen molar-refractivity contribution in [2.45, 2.75) is 6.04 Å². The number of carbonyl (C=O) groups is 1. The molecule has 0 saturated heterocycles. The molecule has 100 valence electrons. The van der Waals surface area contributed by atoms with E-state index in [1.807, 2.05) is 0 Å². The van der Waals surface area contributed by atoms with Gasteiger partial charge in [0.15, 0.2) is 0 Å². The summed E-state index contributed by atoms with van der Waals surface area (Å²) in [6.45, 7) is 0.649. The molecule has 0 aliphatic rings. The van der Waals surface area contributed by atoms with Gasteiger partial charge in [-0.25, -0.2) is 13.6 Å². The second kappa shape index (κ2) is 7.03. The fourth-order valence-electron chi connectivity index (χ4n) is 1.48. The van der Waals surface area contributed by atoms with Crippen LogP contribution in [-0.2, 0) is 14.3 Å². The first kappa shape index (κ1) is 14.5. The van der Waals surface area contributed by atoms with Crippen LogP contribution in [0.1, 0.15) is 11.6 Å². The van der Waals surface area contributed by atoms with E-state index in [0.717, 1.165) is 18.2 Å². The maximum atomic E-state index is 13.6. The van der Waals surface area contributed by atoms with Crippen LogP contribution in [0.25, 0.3) is 0 Å². The number of hydrogen-bond donors (Lipinski definition) is 1. The molecule has 1 rings (SSSR count). The molecule has 1 atom stereocenters.